The van der Waals surface area contributed by atoms with E-state index in [9.17, 15) is 9.90 Å². The molecule has 6 heteroatoms. The molecule has 4 aromatic rings. The number of aromatic amines is 1. The summed E-state index contributed by atoms with van der Waals surface area (Å²) in [4.78, 5) is 14.9. The van der Waals surface area contributed by atoms with Gasteiger partial charge in [-0.05, 0) is 48.0 Å². The molecule has 1 atom stereocenters. The van der Waals surface area contributed by atoms with Gasteiger partial charge in [0, 0.05) is 34.1 Å². The maximum Gasteiger partial charge on any atom is 0.321 e. The van der Waals surface area contributed by atoms with E-state index in [0.717, 1.165) is 27.8 Å². The fraction of sp³-hybridized carbons (Fsp3) is 0.136. The van der Waals surface area contributed by atoms with Gasteiger partial charge in [0.1, 0.15) is 17.6 Å². The van der Waals surface area contributed by atoms with E-state index in [0.29, 0.717) is 23.7 Å². The first-order chi connectivity index (χ1) is 13.6. The van der Waals surface area contributed by atoms with Gasteiger partial charge < -0.3 is 14.5 Å². The van der Waals surface area contributed by atoms with Gasteiger partial charge in [-0.3, -0.25) is 10.1 Å². The van der Waals surface area contributed by atoms with Crippen molar-refractivity contribution in [3.8, 4) is 11.3 Å². The molecule has 3 N–H and O–H groups in total. The quantitative estimate of drug-likeness (QED) is 0.418. The molecule has 0 aliphatic carbocycles. The lowest BCUT2D eigenvalue weighted by Gasteiger charge is -2.13. The molecule has 0 bridgehead atoms. The van der Waals surface area contributed by atoms with E-state index >= 15 is 0 Å². The van der Waals surface area contributed by atoms with Gasteiger partial charge in [-0.25, -0.2) is 0 Å². The molecule has 28 heavy (non-hydrogen) atoms. The number of aliphatic carboxylic acids is 1. The van der Waals surface area contributed by atoms with Gasteiger partial charge in [0.05, 0.1) is 6.54 Å². The van der Waals surface area contributed by atoms with Crippen molar-refractivity contribution < 1.29 is 14.3 Å². The average molecular weight is 395 g/mol. The number of carbonyl (C=O) groups is 1. The second-order valence-corrected chi connectivity index (χ2v) is 7.04. The van der Waals surface area contributed by atoms with Gasteiger partial charge in [-0.15, -0.1) is 0 Å². The highest BCUT2D eigenvalue weighted by Crippen LogP contribution is 2.24. The second kappa shape index (κ2) is 7.92. The van der Waals surface area contributed by atoms with Crippen molar-refractivity contribution >= 4 is 28.5 Å². The molecule has 0 spiro atoms. The van der Waals surface area contributed by atoms with Crippen molar-refractivity contribution in [2.24, 2.45) is 0 Å². The molecule has 2 aromatic carbocycles. The Hall–Kier alpha value is -3.02. The predicted molar refractivity (Wildman–Crippen MR) is 109 cm³/mol. The minimum Gasteiger partial charge on any atom is -0.480 e. The van der Waals surface area contributed by atoms with Crippen LogP contribution in [0.4, 0.5) is 0 Å². The highest BCUT2D eigenvalue weighted by atomic mass is 35.5. The first kappa shape index (κ1) is 18.3. The Balaban J connectivity index is 1.44. The van der Waals surface area contributed by atoms with Crippen LogP contribution in [0.2, 0.25) is 5.02 Å². The molecule has 0 saturated heterocycles. The fourth-order valence-electron chi connectivity index (χ4n) is 3.23. The van der Waals surface area contributed by atoms with Crippen molar-refractivity contribution in [3.63, 3.8) is 0 Å². The van der Waals surface area contributed by atoms with Crippen molar-refractivity contribution in [2.45, 2.75) is 19.0 Å². The number of aromatic nitrogens is 1. The third kappa shape index (κ3) is 3.96. The lowest BCUT2D eigenvalue weighted by atomic mass is 10.0. The van der Waals surface area contributed by atoms with Crippen LogP contribution in [-0.4, -0.2) is 22.1 Å². The van der Waals surface area contributed by atoms with Crippen LogP contribution in [-0.2, 0) is 17.8 Å². The standard InChI is InChI=1S/C22H19ClN2O3/c23-16-7-5-14(6-8-16)21-10-9-17(28-21)13-25-20(22(26)27)11-15-12-24-19-4-2-1-3-18(15)19/h1-10,12,20,24-25H,11,13H2,(H,26,27)/t20-/m1/s1. The summed E-state index contributed by atoms with van der Waals surface area (Å²) in [6.45, 7) is 0.326. The zero-order valence-electron chi connectivity index (χ0n) is 15.0. The number of nitrogens with one attached hydrogen (secondary N) is 2. The summed E-state index contributed by atoms with van der Waals surface area (Å²) in [5.41, 5.74) is 2.89. The molecule has 0 fully saturated rings. The smallest absolute Gasteiger partial charge is 0.321 e. The number of benzene rings is 2. The van der Waals surface area contributed by atoms with Gasteiger partial charge >= 0.3 is 5.97 Å². The van der Waals surface area contributed by atoms with Crippen LogP contribution in [0.3, 0.4) is 0 Å². The minimum atomic E-state index is -0.894. The second-order valence-electron chi connectivity index (χ2n) is 6.61. The highest BCUT2D eigenvalue weighted by molar-refractivity contribution is 6.30. The van der Waals surface area contributed by atoms with E-state index in [4.69, 9.17) is 16.0 Å². The molecule has 2 aromatic heterocycles. The van der Waals surface area contributed by atoms with Crippen LogP contribution >= 0.6 is 11.6 Å². The van der Waals surface area contributed by atoms with Crippen LogP contribution < -0.4 is 5.32 Å². The molecule has 0 amide bonds. The van der Waals surface area contributed by atoms with E-state index in [1.165, 1.54) is 0 Å². The number of rotatable bonds is 7. The number of hydrogen-bond acceptors (Lipinski definition) is 3. The summed E-state index contributed by atoms with van der Waals surface area (Å²) in [6.07, 6.45) is 2.25. The Bertz CT molecular complexity index is 1100. The molecule has 4 rings (SSSR count). The van der Waals surface area contributed by atoms with Crippen LogP contribution in [0.15, 0.2) is 71.3 Å². The van der Waals surface area contributed by atoms with Gasteiger partial charge in [-0.2, -0.15) is 0 Å². The maximum atomic E-state index is 11.7. The molecule has 0 aliphatic heterocycles. The summed E-state index contributed by atoms with van der Waals surface area (Å²) in [7, 11) is 0. The van der Waals surface area contributed by atoms with Crippen LogP contribution in [0, 0.1) is 0 Å². The number of para-hydroxylation sites is 1. The summed E-state index contributed by atoms with van der Waals surface area (Å²) in [5.74, 6) is 0.502. The van der Waals surface area contributed by atoms with E-state index in [2.05, 4.69) is 10.3 Å². The van der Waals surface area contributed by atoms with E-state index in [1.807, 2.05) is 54.7 Å². The summed E-state index contributed by atoms with van der Waals surface area (Å²) in [5, 5.41) is 14.4. The van der Waals surface area contributed by atoms with Crippen molar-refractivity contribution in [2.75, 3.05) is 0 Å². The largest absolute Gasteiger partial charge is 0.480 e. The van der Waals surface area contributed by atoms with Crippen LogP contribution in [0.5, 0.6) is 0 Å². The van der Waals surface area contributed by atoms with Crippen LogP contribution in [0.25, 0.3) is 22.2 Å². The molecule has 0 unspecified atom stereocenters. The van der Waals surface area contributed by atoms with Gasteiger partial charge in [0.25, 0.3) is 0 Å². The molecular weight excluding hydrogens is 376 g/mol. The summed E-state index contributed by atoms with van der Waals surface area (Å²) in [6, 6.07) is 18.2. The molecule has 0 aliphatic rings. The third-order valence-electron chi connectivity index (χ3n) is 4.71. The first-order valence-corrected chi connectivity index (χ1v) is 9.34. The Labute approximate surface area is 166 Å². The number of hydrogen-bond donors (Lipinski definition) is 3. The Kier molecular flexibility index (Phi) is 5.19. The number of furan rings is 1. The summed E-state index contributed by atoms with van der Waals surface area (Å²) >= 11 is 5.91. The Morgan fingerprint density at radius 1 is 1.11 bits per heavy atom. The third-order valence-corrected chi connectivity index (χ3v) is 4.96. The molecule has 0 radical (unpaired) electrons. The number of halogens is 1. The zero-order chi connectivity index (χ0) is 19.5. The van der Waals surface area contributed by atoms with E-state index in [-0.39, 0.29) is 0 Å². The van der Waals surface area contributed by atoms with Gasteiger partial charge in [0.15, 0.2) is 0 Å². The molecular formula is C22H19ClN2O3. The van der Waals surface area contributed by atoms with Crippen molar-refractivity contribution in [1.82, 2.24) is 10.3 Å². The Morgan fingerprint density at radius 2 is 1.89 bits per heavy atom. The number of H-pyrrole nitrogens is 1. The normalized spacial score (nSPS) is 12.3. The molecule has 2 heterocycles. The van der Waals surface area contributed by atoms with E-state index < -0.39 is 12.0 Å². The monoisotopic (exact) mass is 394 g/mol. The number of fused-ring (bicyclic) bond motifs is 1. The number of carboxylic acids is 1. The average Bonchev–Trinajstić information content (AvgIpc) is 3.33. The summed E-state index contributed by atoms with van der Waals surface area (Å²) < 4.78 is 5.84. The Morgan fingerprint density at radius 3 is 2.68 bits per heavy atom. The van der Waals surface area contributed by atoms with Crippen LogP contribution in [0.1, 0.15) is 11.3 Å². The molecule has 142 valence electrons. The predicted octanol–water partition coefficient (Wildman–Crippen LogP) is 4.87. The molecule has 0 saturated carbocycles. The fourth-order valence-corrected chi connectivity index (χ4v) is 3.36. The minimum absolute atomic E-state index is 0.326. The SMILES string of the molecule is O=C(O)[C@@H](Cc1c[nH]c2ccccc12)NCc1ccc(-c2ccc(Cl)cc2)o1. The molecule has 5 nitrogen and oxygen atoms in total. The van der Waals surface area contributed by atoms with E-state index in [1.54, 1.807) is 12.1 Å². The van der Waals surface area contributed by atoms with Gasteiger partial charge in [0.2, 0.25) is 0 Å². The van der Waals surface area contributed by atoms with Gasteiger partial charge in [-0.1, -0.05) is 29.8 Å². The maximum absolute atomic E-state index is 11.7. The topological polar surface area (TPSA) is 78.3 Å². The number of carboxylic acid groups (broad SMARTS) is 1. The highest BCUT2D eigenvalue weighted by Gasteiger charge is 2.20. The van der Waals surface area contributed by atoms with Crippen molar-refractivity contribution in [3.05, 3.63) is 83.2 Å². The van der Waals surface area contributed by atoms with Crippen molar-refractivity contribution in [1.29, 1.82) is 0 Å². The first-order valence-electron chi connectivity index (χ1n) is 8.96. The lowest BCUT2D eigenvalue weighted by Crippen LogP contribution is -2.37. The lowest BCUT2D eigenvalue weighted by molar-refractivity contribution is -0.139. The zero-order valence-corrected chi connectivity index (χ0v) is 15.7.